The standard InChI is InChI=1S/C15H14N2O/c1-3-16(4-2)13-5-7-14(8-6-13)17-11-9-15(18)10-12-17/h1-2,5-8H,9-12H2. The Kier molecular flexibility index (Phi) is 3.55. The number of anilines is 2. The smallest absolute Gasteiger partial charge is 0.136 e. The summed E-state index contributed by atoms with van der Waals surface area (Å²) in [4.78, 5) is 14.8. The second-order valence-corrected chi connectivity index (χ2v) is 4.14. The highest BCUT2D eigenvalue weighted by molar-refractivity contribution is 5.81. The van der Waals surface area contributed by atoms with Crippen molar-refractivity contribution in [3.63, 3.8) is 0 Å². The number of rotatable bonds is 2. The number of hydrogen-bond donors (Lipinski definition) is 0. The first-order valence-electron chi connectivity index (χ1n) is 5.84. The Hall–Kier alpha value is -2.39. The van der Waals surface area contributed by atoms with Crippen LogP contribution in [0.5, 0.6) is 0 Å². The van der Waals surface area contributed by atoms with E-state index in [1.54, 1.807) is 0 Å². The molecule has 1 fully saturated rings. The fourth-order valence-electron chi connectivity index (χ4n) is 2.01. The van der Waals surface area contributed by atoms with Crippen LogP contribution in [-0.4, -0.2) is 18.9 Å². The molecule has 0 radical (unpaired) electrons. The van der Waals surface area contributed by atoms with Crippen LogP contribution >= 0.6 is 0 Å². The molecule has 0 saturated carbocycles. The number of Topliss-reactive ketones (excluding diaryl/α,β-unsaturated/α-hetero) is 1. The SMILES string of the molecule is C#CN(C#C)c1ccc(N2CCC(=O)CC2)cc1. The van der Waals surface area contributed by atoms with Crippen molar-refractivity contribution in [3.05, 3.63) is 24.3 Å². The third-order valence-corrected chi connectivity index (χ3v) is 3.05. The van der Waals surface area contributed by atoms with Crippen LogP contribution in [0.1, 0.15) is 12.8 Å². The molecular formula is C15H14N2O. The van der Waals surface area contributed by atoms with Crippen LogP contribution in [-0.2, 0) is 4.79 Å². The maximum atomic E-state index is 11.2. The zero-order chi connectivity index (χ0) is 13.0. The van der Waals surface area contributed by atoms with Crippen LogP contribution in [0.25, 0.3) is 0 Å². The molecule has 0 N–H and O–H groups in total. The molecule has 0 unspecified atom stereocenters. The molecule has 0 aromatic heterocycles. The lowest BCUT2D eigenvalue weighted by atomic mass is 10.1. The lowest BCUT2D eigenvalue weighted by molar-refractivity contribution is -0.119. The number of nitrogens with zero attached hydrogens (tertiary/aromatic N) is 2. The fourth-order valence-corrected chi connectivity index (χ4v) is 2.01. The lowest BCUT2D eigenvalue weighted by Gasteiger charge is -2.28. The molecule has 18 heavy (non-hydrogen) atoms. The van der Waals surface area contributed by atoms with Gasteiger partial charge in [0.05, 0.1) is 5.69 Å². The summed E-state index contributed by atoms with van der Waals surface area (Å²) in [5.41, 5.74) is 1.90. The monoisotopic (exact) mass is 238 g/mol. The lowest BCUT2D eigenvalue weighted by Crippen LogP contribution is -2.33. The van der Waals surface area contributed by atoms with Gasteiger partial charge in [-0.3, -0.25) is 4.79 Å². The minimum Gasteiger partial charge on any atom is -0.371 e. The number of carbonyl (C=O) groups is 1. The van der Waals surface area contributed by atoms with Crippen LogP contribution in [0, 0.1) is 24.9 Å². The van der Waals surface area contributed by atoms with Crippen LogP contribution in [0.4, 0.5) is 11.4 Å². The Bertz CT molecular complexity index is 495. The van der Waals surface area contributed by atoms with Gasteiger partial charge in [0.1, 0.15) is 5.78 Å². The van der Waals surface area contributed by atoms with Crippen molar-refractivity contribution in [3.8, 4) is 24.9 Å². The molecule has 1 saturated heterocycles. The van der Waals surface area contributed by atoms with E-state index in [9.17, 15) is 4.79 Å². The average molecular weight is 238 g/mol. The van der Waals surface area contributed by atoms with Gasteiger partial charge < -0.3 is 4.90 Å². The Morgan fingerprint density at radius 2 is 1.61 bits per heavy atom. The van der Waals surface area contributed by atoms with Crippen LogP contribution in [0.2, 0.25) is 0 Å². The van der Waals surface area contributed by atoms with Gasteiger partial charge in [-0.2, -0.15) is 0 Å². The fraction of sp³-hybridized carbons (Fsp3) is 0.267. The predicted molar refractivity (Wildman–Crippen MR) is 73.0 cm³/mol. The van der Waals surface area contributed by atoms with E-state index >= 15 is 0 Å². The van der Waals surface area contributed by atoms with Gasteiger partial charge in [-0.15, -0.1) is 0 Å². The highest BCUT2D eigenvalue weighted by atomic mass is 16.1. The van der Waals surface area contributed by atoms with Crippen molar-refractivity contribution in [2.75, 3.05) is 22.9 Å². The Morgan fingerprint density at radius 1 is 1.06 bits per heavy atom. The number of carbonyl (C=O) groups excluding carboxylic acids is 1. The third kappa shape index (κ3) is 2.47. The first-order valence-corrected chi connectivity index (χ1v) is 5.84. The van der Waals surface area contributed by atoms with E-state index in [2.05, 4.69) is 17.0 Å². The van der Waals surface area contributed by atoms with E-state index < -0.39 is 0 Å². The molecule has 2 rings (SSSR count). The quantitative estimate of drug-likeness (QED) is 0.580. The molecular weight excluding hydrogens is 224 g/mol. The zero-order valence-electron chi connectivity index (χ0n) is 10.1. The molecule has 1 aromatic rings. The van der Waals surface area contributed by atoms with Crippen LogP contribution < -0.4 is 9.80 Å². The van der Waals surface area contributed by atoms with Gasteiger partial charge in [-0.1, -0.05) is 12.8 Å². The van der Waals surface area contributed by atoms with Gasteiger partial charge in [0.2, 0.25) is 0 Å². The first kappa shape index (κ1) is 12.1. The summed E-state index contributed by atoms with van der Waals surface area (Å²) in [5, 5.41) is 0. The number of hydrogen-bond acceptors (Lipinski definition) is 3. The molecule has 3 heteroatoms. The minimum atomic E-state index is 0.341. The van der Waals surface area contributed by atoms with Crippen molar-refractivity contribution < 1.29 is 4.79 Å². The van der Waals surface area contributed by atoms with E-state index in [0.29, 0.717) is 18.6 Å². The van der Waals surface area contributed by atoms with Gasteiger partial charge in [-0.25, -0.2) is 4.90 Å². The number of ketones is 1. The van der Waals surface area contributed by atoms with Crippen molar-refractivity contribution in [2.24, 2.45) is 0 Å². The molecule has 1 aromatic carbocycles. The van der Waals surface area contributed by atoms with E-state index in [-0.39, 0.29) is 0 Å². The van der Waals surface area contributed by atoms with Crippen molar-refractivity contribution in [1.82, 2.24) is 0 Å². The number of piperidine rings is 1. The van der Waals surface area contributed by atoms with E-state index in [1.807, 2.05) is 24.3 Å². The largest absolute Gasteiger partial charge is 0.371 e. The third-order valence-electron chi connectivity index (χ3n) is 3.05. The average Bonchev–Trinajstić information content (AvgIpc) is 2.42. The Morgan fingerprint density at radius 3 is 2.11 bits per heavy atom. The predicted octanol–water partition coefficient (Wildman–Crippen LogP) is 1.84. The van der Waals surface area contributed by atoms with Gasteiger partial charge in [0, 0.05) is 43.7 Å². The van der Waals surface area contributed by atoms with Gasteiger partial charge in [0.25, 0.3) is 0 Å². The molecule has 0 atom stereocenters. The van der Waals surface area contributed by atoms with Gasteiger partial charge in [0.15, 0.2) is 0 Å². The summed E-state index contributed by atoms with van der Waals surface area (Å²) >= 11 is 0. The van der Waals surface area contributed by atoms with Gasteiger partial charge in [-0.05, 0) is 24.3 Å². The number of terminal acetylenes is 2. The van der Waals surface area contributed by atoms with Crippen LogP contribution in [0.3, 0.4) is 0 Å². The molecule has 0 amide bonds. The summed E-state index contributed by atoms with van der Waals surface area (Å²) in [6.07, 6.45) is 11.8. The van der Waals surface area contributed by atoms with E-state index in [0.717, 1.165) is 24.5 Å². The normalized spacial score (nSPS) is 14.8. The van der Waals surface area contributed by atoms with Crippen molar-refractivity contribution in [1.29, 1.82) is 0 Å². The molecule has 90 valence electrons. The van der Waals surface area contributed by atoms with Crippen molar-refractivity contribution in [2.45, 2.75) is 12.8 Å². The maximum Gasteiger partial charge on any atom is 0.136 e. The molecule has 1 heterocycles. The first-order chi connectivity index (χ1) is 8.74. The minimum absolute atomic E-state index is 0.341. The summed E-state index contributed by atoms with van der Waals surface area (Å²) in [6, 6.07) is 12.6. The molecule has 1 aliphatic heterocycles. The molecule has 3 nitrogen and oxygen atoms in total. The highest BCUT2D eigenvalue weighted by Gasteiger charge is 2.16. The molecule has 0 spiro atoms. The molecule has 0 bridgehead atoms. The highest BCUT2D eigenvalue weighted by Crippen LogP contribution is 2.22. The summed E-state index contributed by atoms with van der Waals surface area (Å²) in [5.74, 6) is 0.341. The molecule has 0 aliphatic carbocycles. The van der Waals surface area contributed by atoms with E-state index in [4.69, 9.17) is 12.8 Å². The summed E-state index contributed by atoms with van der Waals surface area (Å²) in [6.45, 7) is 1.57. The number of benzene rings is 1. The second kappa shape index (κ2) is 5.29. The topological polar surface area (TPSA) is 23.6 Å². The van der Waals surface area contributed by atoms with Crippen molar-refractivity contribution >= 4 is 17.2 Å². The van der Waals surface area contributed by atoms with Gasteiger partial charge >= 0.3 is 0 Å². The Labute approximate surface area is 107 Å². The molecule has 1 aliphatic rings. The second-order valence-electron chi connectivity index (χ2n) is 4.14. The van der Waals surface area contributed by atoms with E-state index in [1.165, 1.54) is 4.90 Å². The summed E-state index contributed by atoms with van der Waals surface area (Å²) in [7, 11) is 0. The Balaban J connectivity index is 2.11. The van der Waals surface area contributed by atoms with Crippen LogP contribution in [0.15, 0.2) is 24.3 Å². The summed E-state index contributed by atoms with van der Waals surface area (Å²) < 4.78 is 0. The maximum absolute atomic E-state index is 11.2. The zero-order valence-corrected chi connectivity index (χ0v) is 10.1.